The molecule has 6 heteroatoms. The van der Waals surface area contributed by atoms with Gasteiger partial charge in [0.2, 0.25) is 0 Å². The fourth-order valence-electron chi connectivity index (χ4n) is 3.01. The van der Waals surface area contributed by atoms with Gasteiger partial charge in [-0.3, -0.25) is 9.36 Å². The first-order valence-electron chi connectivity index (χ1n) is 8.13. The molecule has 0 saturated carbocycles. The molecule has 0 bridgehead atoms. The summed E-state index contributed by atoms with van der Waals surface area (Å²) in [6.07, 6.45) is 7.45. The highest BCUT2D eigenvalue weighted by Crippen LogP contribution is 2.10. The van der Waals surface area contributed by atoms with E-state index < -0.39 is 0 Å². The molecule has 0 atom stereocenters. The fourth-order valence-corrected chi connectivity index (χ4v) is 3.01. The number of nitrogens with one attached hydrogen (secondary N) is 1. The van der Waals surface area contributed by atoms with Crippen LogP contribution in [0.4, 0.5) is 0 Å². The van der Waals surface area contributed by atoms with Gasteiger partial charge in [0, 0.05) is 32.9 Å². The Morgan fingerprint density at radius 1 is 1.41 bits per heavy atom. The van der Waals surface area contributed by atoms with Crippen LogP contribution < -0.4 is 5.32 Å². The Bertz CT molecular complexity index is 576. The van der Waals surface area contributed by atoms with Crippen molar-refractivity contribution >= 4 is 0 Å². The van der Waals surface area contributed by atoms with Gasteiger partial charge >= 0.3 is 0 Å². The normalized spacial score (nSPS) is 15.0. The van der Waals surface area contributed by atoms with E-state index in [0.717, 1.165) is 52.0 Å². The van der Waals surface area contributed by atoms with Gasteiger partial charge in [0.05, 0.1) is 17.6 Å². The van der Waals surface area contributed by atoms with Crippen molar-refractivity contribution in [3.8, 4) is 0 Å². The Balaban J connectivity index is 1.46. The Hall–Kier alpha value is -1.66. The van der Waals surface area contributed by atoms with Gasteiger partial charge in [0.15, 0.2) is 0 Å². The second-order valence-corrected chi connectivity index (χ2v) is 6.24. The summed E-state index contributed by atoms with van der Waals surface area (Å²) in [6.45, 7) is 5.07. The predicted molar refractivity (Wildman–Crippen MR) is 86.4 cm³/mol. The Morgan fingerprint density at radius 2 is 2.32 bits per heavy atom. The van der Waals surface area contributed by atoms with E-state index in [1.807, 2.05) is 17.9 Å². The third-order valence-corrected chi connectivity index (χ3v) is 4.14. The summed E-state index contributed by atoms with van der Waals surface area (Å²) in [5.74, 6) is 0. The van der Waals surface area contributed by atoms with Crippen LogP contribution in [0.5, 0.6) is 0 Å². The number of aromatic nitrogens is 4. The standard InChI is InChI=1S/C16H26N6/c1-20(7-3-5-14-10-18-21(2)12-14)13-15-9-16-11-17-6-4-8-22(16)19-15/h9-10,12,17H,3-8,11,13H2,1-2H3. The van der Waals surface area contributed by atoms with Crippen LogP contribution in [-0.4, -0.2) is 44.6 Å². The summed E-state index contributed by atoms with van der Waals surface area (Å²) >= 11 is 0. The second-order valence-electron chi connectivity index (χ2n) is 6.24. The van der Waals surface area contributed by atoms with E-state index in [2.05, 4.69) is 39.3 Å². The summed E-state index contributed by atoms with van der Waals surface area (Å²) in [5, 5.41) is 12.4. The topological polar surface area (TPSA) is 50.9 Å². The van der Waals surface area contributed by atoms with Crippen LogP contribution in [0.1, 0.15) is 29.8 Å². The molecule has 1 N–H and O–H groups in total. The lowest BCUT2D eigenvalue weighted by molar-refractivity contribution is 0.316. The quantitative estimate of drug-likeness (QED) is 0.870. The molecule has 22 heavy (non-hydrogen) atoms. The summed E-state index contributed by atoms with van der Waals surface area (Å²) in [7, 11) is 4.14. The largest absolute Gasteiger partial charge is 0.311 e. The Kier molecular flexibility index (Phi) is 4.90. The van der Waals surface area contributed by atoms with Crippen molar-refractivity contribution < 1.29 is 0 Å². The van der Waals surface area contributed by atoms with Gasteiger partial charge in [-0.2, -0.15) is 10.2 Å². The van der Waals surface area contributed by atoms with E-state index in [1.165, 1.54) is 17.0 Å². The molecule has 0 saturated heterocycles. The lowest BCUT2D eigenvalue weighted by Crippen LogP contribution is -2.20. The molecular formula is C16H26N6. The maximum Gasteiger partial charge on any atom is 0.0768 e. The summed E-state index contributed by atoms with van der Waals surface area (Å²) in [6, 6.07) is 2.25. The molecule has 1 aliphatic rings. The lowest BCUT2D eigenvalue weighted by Gasteiger charge is -2.14. The highest BCUT2D eigenvalue weighted by Gasteiger charge is 2.11. The zero-order valence-electron chi connectivity index (χ0n) is 13.6. The van der Waals surface area contributed by atoms with Crippen molar-refractivity contribution in [3.63, 3.8) is 0 Å². The van der Waals surface area contributed by atoms with Gasteiger partial charge in [-0.05, 0) is 51.0 Å². The van der Waals surface area contributed by atoms with Gasteiger partial charge in [-0.15, -0.1) is 0 Å². The zero-order chi connectivity index (χ0) is 15.4. The SMILES string of the molecule is CN(CCCc1cnn(C)c1)Cc1cc2n(n1)CCCNC2. The average molecular weight is 302 g/mol. The maximum absolute atomic E-state index is 4.74. The molecular weight excluding hydrogens is 276 g/mol. The fraction of sp³-hybridized carbons (Fsp3) is 0.625. The van der Waals surface area contributed by atoms with Crippen LogP contribution in [0.25, 0.3) is 0 Å². The van der Waals surface area contributed by atoms with Crippen LogP contribution in [0.2, 0.25) is 0 Å². The molecule has 0 amide bonds. The van der Waals surface area contributed by atoms with E-state index >= 15 is 0 Å². The van der Waals surface area contributed by atoms with Gasteiger partial charge in [-0.25, -0.2) is 0 Å². The van der Waals surface area contributed by atoms with Crippen molar-refractivity contribution in [2.75, 3.05) is 20.1 Å². The third kappa shape index (κ3) is 3.96. The minimum atomic E-state index is 0.924. The van der Waals surface area contributed by atoms with Crippen LogP contribution in [0, 0.1) is 0 Å². The summed E-state index contributed by atoms with van der Waals surface area (Å²) in [5.41, 5.74) is 3.81. The van der Waals surface area contributed by atoms with Crippen LogP contribution >= 0.6 is 0 Å². The molecule has 0 radical (unpaired) electrons. The number of nitrogens with zero attached hydrogens (tertiary/aromatic N) is 5. The molecule has 120 valence electrons. The van der Waals surface area contributed by atoms with Crippen molar-refractivity contribution in [3.05, 3.63) is 35.4 Å². The number of rotatable bonds is 6. The van der Waals surface area contributed by atoms with E-state index in [9.17, 15) is 0 Å². The Morgan fingerprint density at radius 3 is 3.14 bits per heavy atom. The van der Waals surface area contributed by atoms with Gasteiger partial charge < -0.3 is 10.2 Å². The molecule has 0 unspecified atom stereocenters. The second kappa shape index (κ2) is 7.07. The third-order valence-electron chi connectivity index (χ3n) is 4.14. The number of fused-ring (bicyclic) bond motifs is 1. The van der Waals surface area contributed by atoms with Crippen molar-refractivity contribution in [2.45, 2.75) is 38.9 Å². The molecule has 0 aliphatic carbocycles. The van der Waals surface area contributed by atoms with Crippen LogP contribution in [-0.2, 0) is 33.1 Å². The average Bonchev–Trinajstić information content (AvgIpc) is 2.99. The van der Waals surface area contributed by atoms with Crippen molar-refractivity contribution in [2.24, 2.45) is 7.05 Å². The molecule has 0 spiro atoms. The first-order valence-corrected chi connectivity index (χ1v) is 8.13. The van der Waals surface area contributed by atoms with Crippen LogP contribution in [0.15, 0.2) is 18.5 Å². The molecule has 2 aromatic heterocycles. The molecule has 6 nitrogen and oxygen atoms in total. The monoisotopic (exact) mass is 302 g/mol. The highest BCUT2D eigenvalue weighted by molar-refractivity contribution is 5.11. The molecule has 1 aliphatic heterocycles. The highest BCUT2D eigenvalue weighted by atomic mass is 15.3. The summed E-state index contributed by atoms with van der Waals surface area (Å²) < 4.78 is 4.03. The number of hydrogen-bond donors (Lipinski definition) is 1. The van der Waals surface area contributed by atoms with Gasteiger partial charge in [0.25, 0.3) is 0 Å². The van der Waals surface area contributed by atoms with E-state index in [1.54, 1.807) is 0 Å². The Labute approximate surface area is 132 Å². The molecule has 0 aromatic carbocycles. The van der Waals surface area contributed by atoms with Crippen LogP contribution in [0.3, 0.4) is 0 Å². The van der Waals surface area contributed by atoms with E-state index in [-0.39, 0.29) is 0 Å². The predicted octanol–water partition coefficient (Wildman–Crippen LogP) is 1.17. The van der Waals surface area contributed by atoms with Gasteiger partial charge in [0.1, 0.15) is 0 Å². The van der Waals surface area contributed by atoms with E-state index in [4.69, 9.17) is 5.10 Å². The zero-order valence-corrected chi connectivity index (χ0v) is 13.6. The van der Waals surface area contributed by atoms with Gasteiger partial charge in [-0.1, -0.05) is 0 Å². The molecule has 2 aromatic rings. The number of hydrogen-bond acceptors (Lipinski definition) is 4. The molecule has 0 fully saturated rings. The number of aryl methyl sites for hydroxylation is 3. The van der Waals surface area contributed by atoms with Crippen molar-refractivity contribution in [1.82, 2.24) is 29.8 Å². The smallest absolute Gasteiger partial charge is 0.0768 e. The molecule has 3 rings (SSSR count). The minimum absolute atomic E-state index is 0.924. The first-order chi connectivity index (χ1) is 10.7. The molecule has 3 heterocycles. The first kappa shape index (κ1) is 15.2. The lowest BCUT2D eigenvalue weighted by atomic mass is 10.2. The minimum Gasteiger partial charge on any atom is -0.311 e. The van der Waals surface area contributed by atoms with Crippen molar-refractivity contribution in [1.29, 1.82) is 0 Å². The maximum atomic E-state index is 4.74. The van der Waals surface area contributed by atoms with E-state index in [0.29, 0.717) is 0 Å². The summed E-state index contributed by atoms with van der Waals surface area (Å²) in [4.78, 5) is 2.35.